The Morgan fingerprint density at radius 2 is 2.06 bits per heavy atom. The molecule has 2 N–H and O–H groups in total. The highest BCUT2D eigenvalue weighted by molar-refractivity contribution is 5.39. The highest BCUT2D eigenvalue weighted by Gasteiger charge is 2.02. The van der Waals surface area contributed by atoms with Crippen LogP contribution in [0.15, 0.2) is 36.5 Å². The van der Waals surface area contributed by atoms with Gasteiger partial charge in [0.1, 0.15) is 12.4 Å². The van der Waals surface area contributed by atoms with Crippen molar-refractivity contribution in [2.24, 2.45) is 0 Å². The zero-order valence-electron chi connectivity index (χ0n) is 10.1. The molecule has 3 heteroatoms. The summed E-state index contributed by atoms with van der Waals surface area (Å²) in [5.74, 6) is 0.897. The van der Waals surface area contributed by atoms with Crippen molar-refractivity contribution in [1.29, 1.82) is 0 Å². The molecule has 1 heterocycles. The zero-order valence-corrected chi connectivity index (χ0v) is 10.1. The third-order valence-electron chi connectivity index (χ3n) is 2.77. The van der Waals surface area contributed by atoms with E-state index in [1.165, 1.54) is 5.56 Å². The molecule has 0 saturated carbocycles. The fourth-order valence-corrected chi connectivity index (χ4v) is 1.61. The number of pyridine rings is 1. The second-order valence-electron chi connectivity index (χ2n) is 4.07. The third-order valence-corrected chi connectivity index (χ3v) is 2.77. The predicted molar refractivity (Wildman–Crippen MR) is 68.9 cm³/mol. The maximum atomic E-state index is 5.74. The minimum absolute atomic E-state index is 0.440. The van der Waals surface area contributed by atoms with E-state index < -0.39 is 0 Å². The molecule has 0 amide bonds. The molecule has 2 rings (SSSR count). The van der Waals surface area contributed by atoms with Crippen LogP contribution in [0.2, 0.25) is 0 Å². The van der Waals surface area contributed by atoms with Gasteiger partial charge in [0.25, 0.3) is 0 Å². The zero-order chi connectivity index (χ0) is 12.3. The van der Waals surface area contributed by atoms with Gasteiger partial charge in [0.05, 0.1) is 5.69 Å². The van der Waals surface area contributed by atoms with Gasteiger partial charge in [-0.2, -0.15) is 0 Å². The number of hydrogen-bond acceptors (Lipinski definition) is 3. The quantitative estimate of drug-likeness (QED) is 0.878. The molecule has 0 unspecified atom stereocenters. The van der Waals surface area contributed by atoms with Crippen LogP contribution in [-0.2, 0) is 6.61 Å². The van der Waals surface area contributed by atoms with Gasteiger partial charge in [-0.15, -0.1) is 0 Å². The van der Waals surface area contributed by atoms with E-state index in [9.17, 15) is 0 Å². The van der Waals surface area contributed by atoms with E-state index in [-0.39, 0.29) is 0 Å². The van der Waals surface area contributed by atoms with Gasteiger partial charge in [-0.1, -0.05) is 12.1 Å². The standard InChI is InChI=1S/C14H16N2O/c1-10-4-3-5-14(11(10)2)17-9-13-8-12(15)6-7-16-13/h3-8H,9H2,1-2H3,(H2,15,16). The van der Waals surface area contributed by atoms with Crippen LogP contribution in [0, 0.1) is 13.8 Å². The van der Waals surface area contributed by atoms with Crippen LogP contribution in [0.3, 0.4) is 0 Å². The van der Waals surface area contributed by atoms with Crippen molar-refractivity contribution >= 4 is 5.69 Å². The largest absolute Gasteiger partial charge is 0.487 e. The third kappa shape index (κ3) is 2.75. The van der Waals surface area contributed by atoms with E-state index in [0.29, 0.717) is 12.3 Å². The monoisotopic (exact) mass is 228 g/mol. The Bertz CT molecular complexity index is 523. The van der Waals surface area contributed by atoms with Crippen molar-refractivity contribution in [3.63, 3.8) is 0 Å². The summed E-state index contributed by atoms with van der Waals surface area (Å²) >= 11 is 0. The van der Waals surface area contributed by atoms with Gasteiger partial charge in [-0.3, -0.25) is 4.98 Å². The maximum absolute atomic E-state index is 5.74. The fourth-order valence-electron chi connectivity index (χ4n) is 1.61. The lowest BCUT2D eigenvalue weighted by Gasteiger charge is -2.10. The predicted octanol–water partition coefficient (Wildman–Crippen LogP) is 2.86. The summed E-state index contributed by atoms with van der Waals surface area (Å²) in [6.07, 6.45) is 1.69. The number of aromatic nitrogens is 1. The topological polar surface area (TPSA) is 48.1 Å². The molecule has 0 saturated heterocycles. The van der Waals surface area contributed by atoms with Crippen molar-refractivity contribution in [3.05, 3.63) is 53.3 Å². The Morgan fingerprint density at radius 1 is 1.24 bits per heavy atom. The molecule has 2 aromatic rings. The van der Waals surface area contributed by atoms with Crippen LogP contribution in [0.5, 0.6) is 5.75 Å². The van der Waals surface area contributed by atoms with E-state index in [0.717, 1.165) is 17.0 Å². The molecule has 0 spiro atoms. The Morgan fingerprint density at radius 3 is 2.82 bits per heavy atom. The lowest BCUT2D eigenvalue weighted by atomic mass is 10.1. The fraction of sp³-hybridized carbons (Fsp3) is 0.214. The molecule has 0 fully saturated rings. The van der Waals surface area contributed by atoms with Crippen molar-refractivity contribution in [3.8, 4) is 5.75 Å². The Balaban J connectivity index is 2.10. The summed E-state index contributed by atoms with van der Waals surface area (Å²) in [5.41, 5.74) is 9.62. The van der Waals surface area contributed by atoms with Crippen molar-refractivity contribution in [2.45, 2.75) is 20.5 Å². The minimum Gasteiger partial charge on any atom is -0.487 e. The first-order chi connectivity index (χ1) is 8.16. The normalized spacial score (nSPS) is 10.2. The molecule has 3 nitrogen and oxygen atoms in total. The van der Waals surface area contributed by atoms with E-state index in [4.69, 9.17) is 10.5 Å². The number of nitrogens with two attached hydrogens (primary N) is 1. The van der Waals surface area contributed by atoms with E-state index in [1.807, 2.05) is 18.2 Å². The van der Waals surface area contributed by atoms with E-state index >= 15 is 0 Å². The number of ether oxygens (including phenoxy) is 1. The number of nitrogens with zero attached hydrogens (tertiary/aromatic N) is 1. The van der Waals surface area contributed by atoms with Crippen LogP contribution >= 0.6 is 0 Å². The maximum Gasteiger partial charge on any atom is 0.130 e. The lowest BCUT2D eigenvalue weighted by molar-refractivity contribution is 0.299. The molecule has 0 bridgehead atoms. The SMILES string of the molecule is Cc1cccc(OCc2cc(N)ccn2)c1C. The smallest absolute Gasteiger partial charge is 0.130 e. The summed E-state index contributed by atoms with van der Waals surface area (Å²) < 4.78 is 5.74. The van der Waals surface area contributed by atoms with Crippen molar-refractivity contribution in [2.75, 3.05) is 5.73 Å². The number of rotatable bonds is 3. The Kier molecular flexibility index (Phi) is 3.28. The summed E-state index contributed by atoms with van der Waals surface area (Å²) in [5, 5.41) is 0. The molecule has 17 heavy (non-hydrogen) atoms. The molecule has 1 aromatic heterocycles. The molecule has 0 aliphatic heterocycles. The van der Waals surface area contributed by atoms with Crippen molar-refractivity contribution in [1.82, 2.24) is 4.98 Å². The highest BCUT2D eigenvalue weighted by Crippen LogP contribution is 2.21. The van der Waals surface area contributed by atoms with Crippen LogP contribution < -0.4 is 10.5 Å². The lowest BCUT2D eigenvalue weighted by Crippen LogP contribution is -2.00. The molecule has 0 atom stereocenters. The van der Waals surface area contributed by atoms with Gasteiger partial charge >= 0.3 is 0 Å². The van der Waals surface area contributed by atoms with Gasteiger partial charge in [-0.25, -0.2) is 0 Å². The van der Waals surface area contributed by atoms with Gasteiger partial charge in [0.15, 0.2) is 0 Å². The van der Waals surface area contributed by atoms with Gasteiger partial charge < -0.3 is 10.5 Å². The number of anilines is 1. The first kappa shape index (κ1) is 11.5. The van der Waals surface area contributed by atoms with Crippen molar-refractivity contribution < 1.29 is 4.74 Å². The molecular formula is C14H16N2O. The average molecular weight is 228 g/mol. The number of nitrogen functional groups attached to an aromatic ring is 1. The average Bonchev–Trinajstić information content (AvgIpc) is 2.31. The summed E-state index contributed by atoms with van der Waals surface area (Å²) in [6.45, 7) is 4.56. The van der Waals surface area contributed by atoms with Gasteiger partial charge in [-0.05, 0) is 43.2 Å². The molecule has 0 radical (unpaired) electrons. The first-order valence-corrected chi connectivity index (χ1v) is 5.56. The van der Waals surface area contributed by atoms with Gasteiger partial charge in [0.2, 0.25) is 0 Å². The van der Waals surface area contributed by atoms with Crippen LogP contribution in [-0.4, -0.2) is 4.98 Å². The molecular weight excluding hydrogens is 212 g/mol. The summed E-state index contributed by atoms with van der Waals surface area (Å²) in [4.78, 5) is 4.20. The molecule has 0 aliphatic carbocycles. The first-order valence-electron chi connectivity index (χ1n) is 5.56. The van der Waals surface area contributed by atoms with Gasteiger partial charge in [0, 0.05) is 11.9 Å². The highest BCUT2D eigenvalue weighted by atomic mass is 16.5. The summed E-state index contributed by atoms with van der Waals surface area (Å²) in [6, 6.07) is 9.62. The van der Waals surface area contributed by atoms with Crippen LogP contribution in [0.4, 0.5) is 5.69 Å². The molecule has 88 valence electrons. The number of benzene rings is 1. The minimum atomic E-state index is 0.440. The summed E-state index contributed by atoms with van der Waals surface area (Å²) in [7, 11) is 0. The Labute approximate surface area is 101 Å². The van der Waals surface area contributed by atoms with Crippen LogP contribution in [0.1, 0.15) is 16.8 Å². The molecule has 0 aliphatic rings. The number of aryl methyl sites for hydroxylation is 1. The molecule has 1 aromatic carbocycles. The second kappa shape index (κ2) is 4.87. The van der Waals surface area contributed by atoms with E-state index in [2.05, 4.69) is 24.9 Å². The van der Waals surface area contributed by atoms with E-state index in [1.54, 1.807) is 12.3 Å². The Hall–Kier alpha value is -2.03. The van der Waals surface area contributed by atoms with Crippen LogP contribution in [0.25, 0.3) is 0 Å². The number of hydrogen-bond donors (Lipinski definition) is 1. The second-order valence-corrected chi connectivity index (χ2v) is 4.07.